The molecule has 4 heteroatoms. The van der Waals surface area contributed by atoms with E-state index in [0.29, 0.717) is 6.61 Å². The average Bonchev–Trinajstić information content (AvgIpc) is 2.30. The molecule has 1 aromatic carbocycles. The first-order chi connectivity index (χ1) is 8.54. The number of allylic oxidation sites excluding steroid dienone is 1. The Balaban J connectivity index is 2.89. The number of carboxylic acids is 1. The molecule has 0 unspecified atom stereocenters. The molecule has 0 saturated carbocycles. The molecular weight excluding hydrogens is 343 g/mol. The van der Waals surface area contributed by atoms with Gasteiger partial charge in [0, 0.05) is 6.08 Å². The van der Waals surface area contributed by atoms with Crippen LogP contribution in [0.2, 0.25) is 0 Å². The molecule has 1 aromatic rings. The number of ether oxygens (including phenoxy) is 1. The second-order valence-corrected chi connectivity index (χ2v) is 5.17. The van der Waals surface area contributed by atoms with Crippen LogP contribution in [0.15, 0.2) is 24.3 Å². The normalized spacial score (nSPS) is 11.4. The number of benzene rings is 1. The second-order valence-electron chi connectivity index (χ2n) is 4.01. The van der Waals surface area contributed by atoms with Gasteiger partial charge in [-0.05, 0) is 59.2 Å². The minimum absolute atomic E-state index is 0.692. The summed E-state index contributed by atoms with van der Waals surface area (Å²) < 4.78 is 6.73. The van der Waals surface area contributed by atoms with Gasteiger partial charge in [-0.25, -0.2) is 4.79 Å². The van der Waals surface area contributed by atoms with Crippen LogP contribution in [0.25, 0.3) is 5.57 Å². The summed E-state index contributed by atoms with van der Waals surface area (Å²) in [6, 6.07) is 5.74. The quantitative estimate of drug-likeness (QED) is 0.475. The Hall–Kier alpha value is -1.04. The smallest absolute Gasteiger partial charge is 0.328 e. The molecule has 98 valence electrons. The van der Waals surface area contributed by atoms with E-state index < -0.39 is 5.97 Å². The Morgan fingerprint density at radius 3 is 2.83 bits per heavy atom. The largest absolute Gasteiger partial charge is 0.492 e. The molecule has 0 spiro atoms. The highest BCUT2D eigenvalue weighted by molar-refractivity contribution is 14.1. The molecular formula is C14H17IO3. The monoisotopic (exact) mass is 360 g/mol. The lowest BCUT2D eigenvalue weighted by atomic mass is 10.1. The molecule has 0 radical (unpaired) electrons. The summed E-state index contributed by atoms with van der Waals surface area (Å²) in [7, 11) is 0. The predicted octanol–water partition coefficient (Wildman–Crippen LogP) is 3.96. The van der Waals surface area contributed by atoms with Gasteiger partial charge in [-0.2, -0.15) is 0 Å². The topological polar surface area (TPSA) is 46.5 Å². The fourth-order valence-electron chi connectivity index (χ4n) is 1.45. The van der Waals surface area contributed by atoms with Crippen molar-refractivity contribution >= 4 is 34.1 Å². The molecule has 0 aromatic heterocycles. The van der Waals surface area contributed by atoms with E-state index in [1.807, 2.05) is 18.2 Å². The molecule has 0 atom stereocenters. The SMILES string of the molecule is CCCCOc1cc(C(C)=CC(=O)O)ccc1I. The highest BCUT2D eigenvalue weighted by atomic mass is 127. The summed E-state index contributed by atoms with van der Waals surface area (Å²) in [5.41, 5.74) is 1.60. The zero-order valence-corrected chi connectivity index (χ0v) is 12.7. The summed E-state index contributed by atoms with van der Waals surface area (Å²) in [4.78, 5) is 10.6. The van der Waals surface area contributed by atoms with Gasteiger partial charge < -0.3 is 9.84 Å². The van der Waals surface area contributed by atoms with Gasteiger partial charge in [0.1, 0.15) is 5.75 Å². The molecule has 3 nitrogen and oxygen atoms in total. The van der Waals surface area contributed by atoms with E-state index in [9.17, 15) is 4.79 Å². The van der Waals surface area contributed by atoms with Crippen molar-refractivity contribution in [1.29, 1.82) is 0 Å². The Kier molecular flexibility index (Phi) is 6.18. The van der Waals surface area contributed by atoms with E-state index in [-0.39, 0.29) is 0 Å². The standard InChI is InChI=1S/C14H17IO3/c1-3-4-7-18-13-9-11(5-6-12(13)15)10(2)8-14(16)17/h5-6,8-9H,3-4,7H2,1-2H3,(H,16,17). The fourth-order valence-corrected chi connectivity index (χ4v) is 1.95. The molecule has 0 bridgehead atoms. The van der Waals surface area contributed by atoms with Crippen LogP contribution in [0.3, 0.4) is 0 Å². The summed E-state index contributed by atoms with van der Waals surface area (Å²) in [6.07, 6.45) is 3.32. The number of rotatable bonds is 6. The lowest BCUT2D eigenvalue weighted by molar-refractivity contribution is -0.131. The molecule has 0 saturated heterocycles. The molecule has 0 aliphatic carbocycles. The minimum atomic E-state index is -0.931. The number of hydrogen-bond donors (Lipinski definition) is 1. The molecule has 18 heavy (non-hydrogen) atoms. The number of unbranched alkanes of at least 4 members (excludes halogenated alkanes) is 1. The van der Waals surface area contributed by atoms with Gasteiger partial charge in [0.05, 0.1) is 10.2 Å². The Morgan fingerprint density at radius 1 is 1.50 bits per heavy atom. The van der Waals surface area contributed by atoms with E-state index in [2.05, 4.69) is 29.5 Å². The van der Waals surface area contributed by atoms with Gasteiger partial charge in [-0.3, -0.25) is 0 Å². The van der Waals surface area contributed by atoms with Crippen molar-refractivity contribution in [3.8, 4) is 5.75 Å². The minimum Gasteiger partial charge on any atom is -0.492 e. The van der Waals surface area contributed by atoms with Gasteiger partial charge in [0.15, 0.2) is 0 Å². The average molecular weight is 360 g/mol. The van der Waals surface area contributed by atoms with Crippen molar-refractivity contribution in [3.05, 3.63) is 33.4 Å². The molecule has 0 aliphatic heterocycles. The lowest BCUT2D eigenvalue weighted by Crippen LogP contribution is -1.99. The second kappa shape index (κ2) is 7.41. The third-order valence-corrected chi connectivity index (χ3v) is 3.37. The Labute approximate surface area is 121 Å². The van der Waals surface area contributed by atoms with Crippen molar-refractivity contribution in [2.45, 2.75) is 26.7 Å². The van der Waals surface area contributed by atoms with Gasteiger partial charge in [-0.15, -0.1) is 0 Å². The molecule has 0 aliphatic rings. The highest BCUT2D eigenvalue weighted by Crippen LogP contribution is 2.26. The summed E-state index contributed by atoms with van der Waals surface area (Å²) in [5, 5.41) is 8.73. The van der Waals surface area contributed by atoms with Gasteiger partial charge >= 0.3 is 5.97 Å². The molecule has 0 heterocycles. The van der Waals surface area contributed by atoms with Crippen LogP contribution in [0.1, 0.15) is 32.3 Å². The van der Waals surface area contributed by atoms with Crippen molar-refractivity contribution in [3.63, 3.8) is 0 Å². The van der Waals surface area contributed by atoms with Gasteiger partial charge in [0.25, 0.3) is 0 Å². The lowest BCUT2D eigenvalue weighted by Gasteiger charge is -2.10. The van der Waals surface area contributed by atoms with E-state index in [0.717, 1.165) is 33.3 Å². The number of carboxylic acid groups (broad SMARTS) is 1. The predicted molar refractivity (Wildman–Crippen MR) is 80.8 cm³/mol. The van der Waals surface area contributed by atoms with Crippen LogP contribution in [0, 0.1) is 3.57 Å². The Bertz CT molecular complexity index is 452. The van der Waals surface area contributed by atoms with Gasteiger partial charge in [0.2, 0.25) is 0 Å². The first kappa shape index (κ1) is 15.0. The zero-order valence-electron chi connectivity index (χ0n) is 10.6. The van der Waals surface area contributed by atoms with Crippen molar-refractivity contribution in [2.24, 2.45) is 0 Å². The maximum absolute atomic E-state index is 10.6. The maximum Gasteiger partial charge on any atom is 0.328 e. The first-order valence-corrected chi connectivity index (χ1v) is 6.96. The molecule has 1 N–H and O–H groups in total. The number of aliphatic carboxylic acids is 1. The highest BCUT2D eigenvalue weighted by Gasteiger charge is 2.05. The summed E-state index contributed by atoms with van der Waals surface area (Å²) >= 11 is 2.22. The van der Waals surface area contributed by atoms with Crippen LogP contribution in [-0.4, -0.2) is 17.7 Å². The van der Waals surface area contributed by atoms with Crippen LogP contribution < -0.4 is 4.74 Å². The van der Waals surface area contributed by atoms with Crippen LogP contribution in [0.4, 0.5) is 0 Å². The summed E-state index contributed by atoms with van der Waals surface area (Å²) in [6.45, 7) is 4.59. The first-order valence-electron chi connectivity index (χ1n) is 5.88. The molecule has 1 rings (SSSR count). The van der Waals surface area contributed by atoms with Crippen LogP contribution >= 0.6 is 22.6 Å². The zero-order chi connectivity index (χ0) is 13.5. The van der Waals surface area contributed by atoms with E-state index in [1.165, 1.54) is 6.08 Å². The van der Waals surface area contributed by atoms with Crippen molar-refractivity contribution < 1.29 is 14.6 Å². The summed E-state index contributed by atoms with van der Waals surface area (Å²) in [5.74, 6) is -0.112. The van der Waals surface area contributed by atoms with E-state index >= 15 is 0 Å². The third-order valence-electron chi connectivity index (χ3n) is 2.48. The van der Waals surface area contributed by atoms with Crippen molar-refractivity contribution in [1.82, 2.24) is 0 Å². The van der Waals surface area contributed by atoms with Crippen LogP contribution in [-0.2, 0) is 4.79 Å². The molecule has 0 amide bonds. The number of hydrogen-bond acceptors (Lipinski definition) is 2. The van der Waals surface area contributed by atoms with E-state index in [4.69, 9.17) is 9.84 Å². The Morgan fingerprint density at radius 2 is 2.22 bits per heavy atom. The number of halogens is 1. The van der Waals surface area contributed by atoms with Crippen LogP contribution in [0.5, 0.6) is 5.75 Å². The van der Waals surface area contributed by atoms with E-state index in [1.54, 1.807) is 6.92 Å². The maximum atomic E-state index is 10.6. The third kappa shape index (κ3) is 4.68. The number of carbonyl (C=O) groups is 1. The van der Waals surface area contributed by atoms with Crippen molar-refractivity contribution in [2.75, 3.05) is 6.61 Å². The molecule has 0 fully saturated rings. The van der Waals surface area contributed by atoms with Gasteiger partial charge in [-0.1, -0.05) is 19.4 Å². The fraction of sp³-hybridized carbons (Fsp3) is 0.357.